The van der Waals surface area contributed by atoms with Gasteiger partial charge in [0.2, 0.25) is 0 Å². The van der Waals surface area contributed by atoms with E-state index in [9.17, 15) is 9.59 Å². The molecular formula is C19H21N3O4. The number of nitrogens with one attached hydrogen (secondary N) is 1. The van der Waals surface area contributed by atoms with Crippen LogP contribution in [0.3, 0.4) is 0 Å². The highest BCUT2D eigenvalue weighted by Gasteiger charge is 2.26. The molecule has 0 spiro atoms. The number of hydrogen-bond acceptors (Lipinski definition) is 4. The molecule has 26 heavy (non-hydrogen) atoms. The first-order valence-corrected chi connectivity index (χ1v) is 8.52. The molecule has 1 fully saturated rings. The van der Waals surface area contributed by atoms with Crippen molar-refractivity contribution in [2.75, 3.05) is 18.4 Å². The first-order valence-electron chi connectivity index (χ1n) is 8.52. The van der Waals surface area contributed by atoms with Crippen molar-refractivity contribution in [2.24, 2.45) is 5.92 Å². The Bertz CT molecular complexity index is 758. The smallest absolute Gasteiger partial charge is 0.321 e. The van der Waals surface area contributed by atoms with E-state index in [-0.39, 0.29) is 11.9 Å². The molecule has 0 saturated carbocycles. The van der Waals surface area contributed by atoms with Gasteiger partial charge in [-0.2, -0.15) is 0 Å². The lowest BCUT2D eigenvalue weighted by Gasteiger charge is -2.30. The summed E-state index contributed by atoms with van der Waals surface area (Å²) >= 11 is 0. The van der Waals surface area contributed by atoms with Crippen LogP contribution in [0.4, 0.5) is 10.5 Å². The largest absolute Gasteiger partial charge is 0.489 e. The Hall–Kier alpha value is -3.09. The van der Waals surface area contributed by atoms with E-state index in [2.05, 4.69) is 10.3 Å². The van der Waals surface area contributed by atoms with Crippen molar-refractivity contribution in [1.82, 2.24) is 9.88 Å². The lowest BCUT2D eigenvalue weighted by Crippen LogP contribution is -2.42. The van der Waals surface area contributed by atoms with E-state index in [0.717, 1.165) is 5.56 Å². The Morgan fingerprint density at radius 3 is 2.73 bits per heavy atom. The van der Waals surface area contributed by atoms with Crippen LogP contribution in [0.1, 0.15) is 18.4 Å². The van der Waals surface area contributed by atoms with Crippen molar-refractivity contribution < 1.29 is 19.4 Å². The minimum absolute atomic E-state index is 0.224. The highest BCUT2D eigenvalue weighted by molar-refractivity contribution is 5.89. The number of nitrogens with zero attached hydrogens (tertiary/aromatic N) is 2. The van der Waals surface area contributed by atoms with Gasteiger partial charge in [0.15, 0.2) is 0 Å². The number of ether oxygens (including phenoxy) is 1. The summed E-state index contributed by atoms with van der Waals surface area (Å²) in [6, 6.07) is 10.7. The molecule has 2 amide bonds. The van der Waals surface area contributed by atoms with E-state index in [0.29, 0.717) is 44.0 Å². The first-order chi connectivity index (χ1) is 12.6. The van der Waals surface area contributed by atoms with Gasteiger partial charge in [0, 0.05) is 42.8 Å². The predicted octanol–water partition coefficient (Wildman–Crippen LogP) is 2.99. The predicted molar refractivity (Wildman–Crippen MR) is 96.0 cm³/mol. The second-order valence-electron chi connectivity index (χ2n) is 6.21. The number of carbonyl (C=O) groups excluding carboxylic acids is 1. The molecular weight excluding hydrogens is 334 g/mol. The maximum Gasteiger partial charge on any atom is 0.321 e. The topological polar surface area (TPSA) is 91.8 Å². The monoisotopic (exact) mass is 355 g/mol. The number of pyridine rings is 1. The number of benzene rings is 1. The third-order valence-corrected chi connectivity index (χ3v) is 4.35. The van der Waals surface area contributed by atoms with Crippen LogP contribution < -0.4 is 10.1 Å². The minimum atomic E-state index is -0.788. The summed E-state index contributed by atoms with van der Waals surface area (Å²) in [5.41, 5.74) is 1.60. The second kappa shape index (κ2) is 8.33. The Morgan fingerprint density at radius 2 is 2.04 bits per heavy atom. The fraction of sp³-hybridized carbons (Fsp3) is 0.316. The molecule has 0 atom stereocenters. The van der Waals surface area contributed by atoms with Crippen LogP contribution in [0, 0.1) is 5.92 Å². The molecule has 136 valence electrons. The van der Waals surface area contributed by atoms with Gasteiger partial charge in [-0.3, -0.25) is 9.78 Å². The quantitative estimate of drug-likeness (QED) is 0.860. The fourth-order valence-electron chi connectivity index (χ4n) is 2.85. The number of carboxylic acids is 1. The second-order valence-corrected chi connectivity index (χ2v) is 6.21. The first kappa shape index (κ1) is 17.7. The molecule has 1 aromatic heterocycles. The number of carbonyl (C=O) groups is 2. The molecule has 0 unspecified atom stereocenters. The summed E-state index contributed by atoms with van der Waals surface area (Å²) in [4.78, 5) is 29.0. The van der Waals surface area contributed by atoms with Crippen LogP contribution in [0.2, 0.25) is 0 Å². The van der Waals surface area contributed by atoms with Crippen LogP contribution in [-0.2, 0) is 11.4 Å². The SMILES string of the molecule is O=C(O)C1CCN(C(=O)Nc2cccc(OCc3cccnc3)c2)CC1. The summed E-state index contributed by atoms with van der Waals surface area (Å²) in [5, 5.41) is 11.9. The highest BCUT2D eigenvalue weighted by Crippen LogP contribution is 2.21. The van der Waals surface area contributed by atoms with E-state index in [1.165, 1.54) is 0 Å². The Morgan fingerprint density at radius 1 is 1.23 bits per heavy atom. The zero-order valence-electron chi connectivity index (χ0n) is 14.3. The van der Waals surface area contributed by atoms with E-state index in [4.69, 9.17) is 9.84 Å². The number of likely N-dealkylation sites (tertiary alicyclic amines) is 1. The van der Waals surface area contributed by atoms with E-state index >= 15 is 0 Å². The van der Waals surface area contributed by atoms with Crippen molar-refractivity contribution in [3.05, 3.63) is 54.4 Å². The molecule has 7 heteroatoms. The summed E-state index contributed by atoms with van der Waals surface area (Å²) in [6.07, 6.45) is 4.42. The molecule has 0 bridgehead atoms. The van der Waals surface area contributed by atoms with Crippen LogP contribution in [0.25, 0.3) is 0 Å². The molecule has 0 aliphatic carbocycles. The number of urea groups is 1. The normalized spacial score (nSPS) is 14.7. The summed E-state index contributed by atoms with van der Waals surface area (Å²) in [6.45, 7) is 1.29. The van der Waals surface area contributed by atoms with Crippen LogP contribution in [-0.4, -0.2) is 40.1 Å². The standard InChI is InChI=1S/C19H21N3O4/c23-18(24)15-6-9-22(10-7-15)19(25)21-16-4-1-5-17(11-16)26-13-14-3-2-8-20-12-14/h1-5,8,11-12,15H,6-7,9-10,13H2,(H,21,25)(H,23,24). The van der Waals surface area contributed by atoms with Crippen LogP contribution >= 0.6 is 0 Å². The average molecular weight is 355 g/mol. The molecule has 1 saturated heterocycles. The van der Waals surface area contributed by atoms with Gasteiger partial charge in [-0.15, -0.1) is 0 Å². The van der Waals surface area contributed by atoms with Gasteiger partial charge in [-0.1, -0.05) is 12.1 Å². The molecule has 3 rings (SSSR count). The van der Waals surface area contributed by atoms with Crippen LogP contribution in [0.15, 0.2) is 48.8 Å². The van der Waals surface area contributed by atoms with Crippen molar-refractivity contribution in [1.29, 1.82) is 0 Å². The number of aromatic nitrogens is 1. The van der Waals surface area contributed by atoms with Gasteiger partial charge in [0.25, 0.3) is 0 Å². The van der Waals surface area contributed by atoms with Crippen molar-refractivity contribution >= 4 is 17.7 Å². The molecule has 7 nitrogen and oxygen atoms in total. The maximum absolute atomic E-state index is 12.4. The Balaban J connectivity index is 1.53. The molecule has 1 aromatic carbocycles. The van der Waals surface area contributed by atoms with Gasteiger partial charge in [-0.05, 0) is 31.0 Å². The van der Waals surface area contributed by atoms with E-state index in [1.807, 2.05) is 24.3 Å². The van der Waals surface area contributed by atoms with Gasteiger partial charge in [0.05, 0.1) is 5.92 Å². The number of piperidine rings is 1. The van der Waals surface area contributed by atoms with Gasteiger partial charge < -0.3 is 20.1 Å². The molecule has 0 radical (unpaired) electrons. The Kier molecular flexibility index (Phi) is 5.68. The highest BCUT2D eigenvalue weighted by atomic mass is 16.5. The number of amides is 2. The number of anilines is 1. The number of aliphatic carboxylic acids is 1. The molecule has 1 aliphatic rings. The lowest BCUT2D eigenvalue weighted by molar-refractivity contribution is -0.143. The summed E-state index contributed by atoms with van der Waals surface area (Å²) in [7, 11) is 0. The van der Waals surface area contributed by atoms with Crippen LogP contribution in [0.5, 0.6) is 5.75 Å². The molecule has 1 aliphatic heterocycles. The zero-order chi connectivity index (χ0) is 18.4. The molecule has 2 heterocycles. The maximum atomic E-state index is 12.4. The van der Waals surface area contributed by atoms with Gasteiger partial charge >= 0.3 is 12.0 Å². The van der Waals surface area contributed by atoms with Crippen molar-refractivity contribution in [3.8, 4) is 5.75 Å². The average Bonchev–Trinajstić information content (AvgIpc) is 2.67. The van der Waals surface area contributed by atoms with Gasteiger partial charge in [-0.25, -0.2) is 4.79 Å². The third-order valence-electron chi connectivity index (χ3n) is 4.35. The minimum Gasteiger partial charge on any atom is -0.489 e. The number of carboxylic acid groups (broad SMARTS) is 1. The summed E-state index contributed by atoms with van der Waals surface area (Å²) in [5.74, 6) is -0.497. The van der Waals surface area contributed by atoms with E-state index in [1.54, 1.807) is 29.4 Å². The van der Waals surface area contributed by atoms with Crippen molar-refractivity contribution in [3.63, 3.8) is 0 Å². The third kappa shape index (κ3) is 4.72. The summed E-state index contributed by atoms with van der Waals surface area (Å²) < 4.78 is 5.73. The fourth-order valence-corrected chi connectivity index (χ4v) is 2.85. The number of rotatable bonds is 5. The molecule has 2 N–H and O–H groups in total. The Labute approximate surface area is 151 Å². The number of hydrogen-bond donors (Lipinski definition) is 2. The van der Waals surface area contributed by atoms with Crippen molar-refractivity contribution in [2.45, 2.75) is 19.4 Å². The zero-order valence-corrected chi connectivity index (χ0v) is 14.3. The lowest BCUT2D eigenvalue weighted by atomic mass is 9.97. The molecule has 2 aromatic rings. The van der Waals surface area contributed by atoms with Gasteiger partial charge in [0.1, 0.15) is 12.4 Å². The van der Waals surface area contributed by atoms with E-state index < -0.39 is 5.97 Å².